The molecule has 2 aliphatic rings. The first-order valence-corrected chi connectivity index (χ1v) is 5.78. The number of aliphatic hydroxyl groups excluding tert-OH is 1. The van der Waals surface area contributed by atoms with Gasteiger partial charge in [-0.2, -0.15) is 0 Å². The van der Waals surface area contributed by atoms with Crippen LogP contribution in [0.1, 0.15) is 0 Å². The highest BCUT2D eigenvalue weighted by molar-refractivity contribution is 9.11. The minimum Gasteiger partial charge on any atom is -0.367 e. The molecule has 84 valence electrons. The molecule has 1 unspecified atom stereocenters. The van der Waals surface area contributed by atoms with Crippen LogP contribution in [0.3, 0.4) is 0 Å². The molecule has 2 heterocycles. The van der Waals surface area contributed by atoms with Crippen LogP contribution in [0.2, 0.25) is 0 Å². The van der Waals surface area contributed by atoms with Gasteiger partial charge >= 0.3 is 0 Å². The number of aliphatic imine (C=N–C) groups is 1. The second-order valence-electron chi connectivity index (χ2n) is 3.80. The zero-order valence-corrected chi connectivity index (χ0v) is 10.2. The van der Waals surface area contributed by atoms with Crippen molar-refractivity contribution in [2.24, 2.45) is 4.99 Å². The lowest BCUT2D eigenvalue weighted by Crippen LogP contribution is -2.53. The predicted molar refractivity (Wildman–Crippen MR) is 62.7 cm³/mol. The number of nitrogens with one attached hydrogen (secondary N) is 1. The van der Waals surface area contributed by atoms with Crippen molar-refractivity contribution in [3.8, 4) is 0 Å². The topological polar surface area (TPSA) is 51.1 Å². The molecule has 6 heteroatoms. The normalized spacial score (nSPS) is 28.2. The standard InChI is InChI=1S/C9H15BrN4O/c1-13-2-4-14(5-3-13)8-9(15)11-6-7(10)12-8/h6,9,11,15H,2-5H2,1H3. The molecule has 2 N–H and O–H groups in total. The van der Waals surface area contributed by atoms with E-state index >= 15 is 0 Å². The number of piperazine rings is 1. The Morgan fingerprint density at radius 3 is 2.80 bits per heavy atom. The average molecular weight is 275 g/mol. The Kier molecular flexibility index (Phi) is 3.28. The molecule has 5 nitrogen and oxygen atoms in total. The molecule has 0 saturated carbocycles. The van der Waals surface area contributed by atoms with Crippen molar-refractivity contribution in [3.63, 3.8) is 0 Å². The first-order valence-electron chi connectivity index (χ1n) is 4.98. The van der Waals surface area contributed by atoms with Crippen molar-refractivity contribution < 1.29 is 5.11 Å². The summed E-state index contributed by atoms with van der Waals surface area (Å²) in [6.45, 7) is 3.84. The highest BCUT2D eigenvalue weighted by atomic mass is 79.9. The summed E-state index contributed by atoms with van der Waals surface area (Å²) in [4.78, 5) is 8.69. The quantitative estimate of drug-likeness (QED) is 0.598. The van der Waals surface area contributed by atoms with E-state index < -0.39 is 6.23 Å². The smallest absolute Gasteiger partial charge is 0.183 e. The third kappa shape index (κ3) is 2.50. The van der Waals surface area contributed by atoms with Crippen molar-refractivity contribution >= 4 is 21.8 Å². The summed E-state index contributed by atoms with van der Waals surface area (Å²) in [6, 6.07) is 0. The zero-order chi connectivity index (χ0) is 10.8. The van der Waals surface area contributed by atoms with E-state index in [-0.39, 0.29) is 0 Å². The average Bonchev–Trinajstić information content (AvgIpc) is 2.23. The molecule has 2 aliphatic heterocycles. The second-order valence-corrected chi connectivity index (χ2v) is 4.61. The minimum absolute atomic E-state index is 0.685. The van der Waals surface area contributed by atoms with Gasteiger partial charge in [0, 0.05) is 32.4 Å². The van der Waals surface area contributed by atoms with Gasteiger partial charge in [0.1, 0.15) is 4.61 Å². The van der Waals surface area contributed by atoms with Gasteiger partial charge in [0.15, 0.2) is 12.1 Å². The zero-order valence-electron chi connectivity index (χ0n) is 8.65. The molecule has 2 rings (SSSR count). The van der Waals surface area contributed by atoms with Gasteiger partial charge < -0.3 is 20.2 Å². The first-order chi connectivity index (χ1) is 7.16. The Hall–Kier alpha value is -0.590. The van der Waals surface area contributed by atoms with Crippen LogP contribution in [0.15, 0.2) is 15.8 Å². The minimum atomic E-state index is -0.685. The monoisotopic (exact) mass is 274 g/mol. The van der Waals surface area contributed by atoms with E-state index in [0.29, 0.717) is 5.84 Å². The van der Waals surface area contributed by atoms with Crippen LogP contribution in [0.4, 0.5) is 0 Å². The fraction of sp³-hybridized carbons (Fsp3) is 0.667. The van der Waals surface area contributed by atoms with Gasteiger partial charge in [-0.15, -0.1) is 0 Å². The summed E-state index contributed by atoms with van der Waals surface area (Å²) < 4.78 is 0.724. The summed E-state index contributed by atoms with van der Waals surface area (Å²) in [5.74, 6) is 0.706. The maximum atomic E-state index is 9.74. The van der Waals surface area contributed by atoms with Gasteiger partial charge in [-0.3, -0.25) is 0 Å². The number of rotatable bonds is 0. The van der Waals surface area contributed by atoms with Gasteiger partial charge in [-0.25, -0.2) is 4.99 Å². The van der Waals surface area contributed by atoms with Crippen LogP contribution in [-0.2, 0) is 0 Å². The summed E-state index contributed by atoms with van der Waals surface area (Å²) >= 11 is 3.30. The molecule has 0 bridgehead atoms. The molecular weight excluding hydrogens is 260 g/mol. The van der Waals surface area contributed by atoms with Gasteiger partial charge in [-0.05, 0) is 23.0 Å². The van der Waals surface area contributed by atoms with Gasteiger partial charge in [0.25, 0.3) is 0 Å². The molecule has 0 aromatic rings. The van der Waals surface area contributed by atoms with Crippen molar-refractivity contribution in [2.75, 3.05) is 33.2 Å². The number of hydrogen-bond acceptors (Lipinski definition) is 5. The molecule has 0 aromatic heterocycles. The van der Waals surface area contributed by atoms with Gasteiger partial charge in [0.2, 0.25) is 0 Å². The highest BCUT2D eigenvalue weighted by Crippen LogP contribution is 2.13. The molecule has 1 fully saturated rings. The van der Waals surface area contributed by atoms with Crippen LogP contribution in [0.5, 0.6) is 0 Å². The van der Waals surface area contributed by atoms with Crippen LogP contribution in [-0.4, -0.2) is 60.2 Å². The SMILES string of the molecule is CN1CCN(C2=NC(Br)=CNC2O)CC1. The van der Waals surface area contributed by atoms with E-state index in [9.17, 15) is 5.11 Å². The molecule has 0 spiro atoms. The lowest BCUT2D eigenvalue weighted by atomic mass is 10.3. The van der Waals surface area contributed by atoms with Crippen LogP contribution in [0.25, 0.3) is 0 Å². The Balaban J connectivity index is 2.06. The number of nitrogens with zero attached hydrogens (tertiary/aromatic N) is 3. The summed E-state index contributed by atoms with van der Waals surface area (Å²) in [6.07, 6.45) is 0.972. The summed E-state index contributed by atoms with van der Waals surface area (Å²) in [7, 11) is 2.10. The summed E-state index contributed by atoms with van der Waals surface area (Å²) in [5.41, 5.74) is 0. The first kappa shape index (κ1) is 10.9. The molecule has 0 aliphatic carbocycles. The number of likely N-dealkylation sites (N-methyl/N-ethyl adjacent to an activating group) is 1. The lowest BCUT2D eigenvalue weighted by Gasteiger charge is -2.36. The van der Waals surface area contributed by atoms with Crippen molar-refractivity contribution in [1.82, 2.24) is 15.1 Å². The second kappa shape index (κ2) is 4.51. The third-order valence-electron chi connectivity index (χ3n) is 2.65. The highest BCUT2D eigenvalue weighted by Gasteiger charge is 2.24. The number of halogens is 1. The fourth-order valence-electron chi connectivity index (χ4n) is 1.70. The Morgan fingerprint density at radius 1 is 1.47 bits per heavy atom. The Labute approximate surface area is 97.6 Å². The Bertz CT molecular complexity index is 296. The molecule has 1 atom stereocenters. The van der Waals surface area contributed by atoms with Crippen LogP contribution >= 0.6 is 15.9 Å². The fourth-order valence-corrected chi connectivity index (χ4v) is 2.02. The van der Waals surface area contributed by atoms with Crippen molar-refractivity contribution in [2.45, 2.75) is 6.23 Å². The molecule has 0 amide bonds. The van der Waals surface area contributed by atoms with E-state index in [1.54, 1.807) is 6.20 Å². The van der Waals surface area contributed by atoms with E-state index in [1.165, 1.54) is 0 Å². The number of amidine groups is 1. The molecule has 0 aromatic carbocycles. The number of hydrogen-bond donors (Lipinski definition) is 2. The maximum Gasteiger partial charge on any atom is 0.183 e. The lowest BCUT2D eigenvalue weighted by molar-refractivity contribution is 0.168. The van der Waals surface area contributed by atoms with Crippen LogP contribution < -0.4 is 5.32 Å². The molecular formula is C9H15BrN4O. The number of aliphatic hydroxyl groups is 1. The van der Waals surface area contributed by atoms with E-state index in [2.05, 4.69) is 43.1 Å². The van der Waals surface area contributed by atoms with Crippen LogP contribution in [0, 0.1) is 0 Å². The summed E-state index contributed by atoms with van der Waals surface area (Å²) in [5, 5.41) is 12.6. The maximum absolute atomic E-state index is 9.74. The van der Waals surface area contributed by atoms with Gasteiger partial charge in [-0.1, -0.05) is 0 Å². The molecule has 1 saturated heterocycles. The van der Waals surface area contributed by atoms with E-state index in [1.807, 2.05) is 0 Å². The van der Waals surface area contributed by atoms with E-state index in [4.69, 9.17) is 0 Å². The predicted octanol–water partition coefficient (Wildman–Crippen LogP) is -0.252. The largest absolute Gasteiger partial charge is 0.367 e. The molecule has 0 radical (unpaired) electrons. The third-order valence-corrected chi connectivity index (χ3v) is 3.06. The Morgan fingerprint density at radius 2 is 2.13 bits per heavy atom. The van der Waals surface area contributed by atoms with Gasteiger partial charge in [0.05, 0.1) is 0 Å². The van der Waals surface area contributed by atoms with Crippen molar-refractivity contribution in [1.29, 1.82) is 0 Å². The van der Waals surface area contributed by atoms with E-state index in [0.717, 1.165) is 30.8 Å². The van der Waals surface area contributed by atoms with Crippen molar-refractivity contribution in [3.05, 3.63) is 10.8 Å². The molecule has 15 heavy (non-hydrogen) atoms.